The summed E-state index contributed by atoms with van der Waals surface area (Å²) in [4.78, 5) is 0. The molecule has 3 heteroatoms. The molecule has 0 saturated heterocycles. The van der Waals surface area contributed by atoms with E-state index in [9.17, 15) is 4.39 Å². The Hall–Kier alpha value is -1.09. The van der Waals surface area contributed by atoms with Gasteiger partial charge in [0.25, 0.3) is 0 Å². The van der Waals surface area contributed by atoms with Gasteiger partial charge >= 0.3 is 0 Å². The summed E-state index contributed by atoms with van der Waals surface area (Å²) in [6.07, 6.45) is 0.546. The highest BCUT2D eigenvalue weighted by molar-refractivity contribution is 5.35. The van der Waals surface area contributed by atoms with Gasteiger partial charge in [0.15, 0.2) is 0 Å². The molecule has 0 atom stereocenters. The van der Waals surface area contributed by atoms with E-state index in [0.717, 1.165) is 0 Å². The summed E-state index contributed by atoms with van der Waals surface area (Å²) in [5.74, 6) is 0.508. The van der Waals surface area contributed by atoms with Crippen molar-refractivity contribution in [3.05, 3.63) is 29.1 Å². The molecule has 2 N–H and O–H groups in total. The highest BCUT2D eigenvalue weighted by atomic mass is 19.1. The zero-order valence-electron chi connectivity index (χ0n) is 7.93. The van der Waals surface area contributed by atoms with Crippen LogP contribution < -0.4 is 10.5 Å². The highest BCUT2D eigenvalue weighted by Gasteiger charge is 2.06. The summed E-state index contributed by atoms with van der Waals surface area (Å²) in [7, 11) is 1.57. The first kappa shape index (κ1) is 9.99. The second-order valence-electron chi connectivity index (χ2n) is 2.96. The molecule has 1 aromatic carbocycles. The summed E-state index contributed by atoms with van der Waals surface area (Å²) in [5, 5.41) is 0. The number of ether oxygens (including phenoxy) is 1. The van der Waals surface area contributed by atoms with Crippen molar-refractivity contribution in [1.82, 2.24) is 0 Å². The van der Waals surface area contributed by atoms with Gasteiger partial charge in [0.2, 0.25) is 0 Å². The average Bonchev–Trinajstić information content (AvgIpc) is 2.13. The number of nitrogens with two attached hydrogens (primary N) is 1. The molecule has 0 unspecified atom stereocenters. The van der Waals surface area contributed by atoms with E-state index in [1.807, 2.05) is 0 Å². The van der Waals surface area contributed by atoms with Gasteiger partial charge in [0, 0.05) is 0 Å². The van der Waals surface area contributed by atoms with Crippen LogP contribution >= 0.6 is 0 Å². The van der Waals surface area contributed by atoms with E-state index < -0.39 is 0 Å². The predicted molar refractivity (Wildman–Crippen MR) is 50.4 cm³/mol. The lowest BCUT2D eigenvalue weighted by molar-refractivity contribution is 0.412. The van der Waals surface area contributed by atoms with Crippen LogP contribution in [0.25, 0.3) is 0 Å². The Morgan fingerprint density at radius 3 is 2.69 bits per heavy atom. The van der Waals surface area contributed by atoms with Crippen LogP contribution in [0.5, 0.6) is 5.75 Å². The maximum atomic E-state index is 13.4. The van der Waals surface area contributed by atoms with E-state index in [-0.39, 0.29) is 5.82 Å². The third-order valence-electron chi connectivity index (χ3n) is 1.95. The molecule has 1 rings (SSSR count). The molecule has 0 aliphatic rings. The van der Waals surface area contributed by atoms with Crippen LogP contribution in [0, 0.1) is 12.7 Å². The molecule has 2 nitrogen and oxygen atoms in total. The van der Waals surface area contributed by atoms with Crippen LogP contribution in [-0.2, 0) is 6.42 Å². The third-order valence-corrected chi connectivity index (χ3v) is 1.95. The Bertz CT molecular complexity index is 299. The van der Waals surface area contributed by atoms with Crippen molar-refractivity contribution < 1.29 is 9.13 Å². The summed E-state index contributed by atoms with van der Waals surface area (Å²) in [6.45, 7) is 2.17. The fourth-order valence-electron chi connectivity index (χ4n) is 1.26. The van der Waals surface area contributed by atoms with Crippen LogP contribution in [0.15, 0.2) is 12.1 Å². The number of halogens is 1. The molecule has 13 heavy (non-hydrogen) atoms. The first-order valence-electron chi connectivity index (χ1n) is 4.22. The lowest BCUT2D eigenvalue weighted by Crippen LogP contribution is -2.05. The summed E-state index contributed by atoms with van der Waals surface area (Å²) in [6, 6.07) is 3.37. The zero-order valence-corrected chi connectivity index (χ0v) is 7.93. The fraction of sp³-hybridized carbons (Fsp3) is 0.400. The summed E-state index contributed by atoms with van der Waals surface area (Å²) in [5.41, 5.74) is 6.59. The minimum atomic E-state index is -0.175. The maximum Gasteiger partial charge on any atom is 0.129 e. The van der Waals surface area contributed by atoms with Crippen molar-refractivity contribution >= 4 is 0 Å². The second kappa shape index (κ2) is 4.23. The number of hydrogen-bond donors (Lipinski definition) is 1. The van der Waals surface area contributed by atoms with Crippen molar-refractivity contribution in [2.75, 3.05) is 13.7 Å². The van der Waals surface area contributed by atoms with Crippen LogP contribution in [-0.4, -0.2) is 13.7 Å². The molecule has 0 fully saturated rings. The van der Waals surface area contributed by atoms with E-state index in [2.05, 4.69) is 0 Å². The monoisotopic (exact) mass is 183 g/mol. The minimum absolute atomic E-state index is 0.175. The standard InChI is InChI=1S/C10H14FNO/c1-7-5-9(13-2)6-8(3-4-12)10(7)11/h5-6H,3-4,12H2,1-2H3. The zero-order chi connectivity index (χ0) is 9.84. The molecule has 0 amide bonds. The van der Waals surface area contributed by atoms with Crippen molar-refractivity contribution in [2.24, 2.45) is 5.73 Å². The predicted octanol–water partition coefficient (Wildman–Crippen LogP) is 1.64. The smallest absolute Gasteiger partial charge is 0.129 e. The minimum Gasteiger partial charge on any atom is -0.497 e. The first-order chi connectivity index (χ1) is 6.19. The van der Waals surface area contributed by atoms with E-state index >= 15 is 0 Å². The van der Waals surface area contributed by atoms with Crippen molar-refractivity contribution in [3.8, 4) is 5.75 Å². The number of hydrogen-bond acceptors (Lipinski definition) is 2. The third kappa shape index (κ3) is 2.18. The number of rotatable bonds is 3. The first-order valence-corrected chi connectivity index (χ1v) is 4.22. The molecule has 0 saturated carbocycles. The molecule has 0 aromatic heterocycles. The topological polar surface area (TPSA) is 35.2 Å². The van der Waals surface area contributed by atoms with E-state index in [0.29, 0.717) is 29.8 Å². The molecule has 0 bridgehead atoms. The van der Waals surface area contributed by atoms with E-state index in [4.69, 9.17) is 10.5 Å². The molecule has 0 spiro atoms. The van der Waals surface area contributed by atoms with Crippen LogP contribution in [0.2, 0.25) is 0 Å². The Morgan fingerprint density at radius 1 is 1.46 bits per heavy atom. The van der Waals surface area contributed by atoms with Crippen LogP contribution in [0.3, 0.4) is 0 Å². The highest BCUT2D eigenvalue weighted by Crippen LogP contribution is 2.20. The van der Waals surface area contributed by atoms with Gasteiger partial charge in [-0.15, -0.1) is 0 Å². The van der Waals surface area contributed by atoms with Gasteiger partial charge in [-0.05, 0) is 43.1 Å². The van der Waals surface area contributed by atoms with E-state index in [1.165, 1.54) is 0 Å². The SMILES string of the molecule is COc1cc(C)c(F)c(CCN)c1. The van der Waals surface area contributed by atoms with Crippen molar-refractivity contribution in [3.63, 3.8) is 0 Å². The van der Waals surface area contributed by atoms with Gasteiger partial charge in [-0.25, -0.2) is 4.39 Å². The quantitative estimate of drug-likeness (QED) is 0.773. The lowest BCUT2D eigenvalue weighted by Gasteiger charge is -2.07. The van der Waals surface area contributed by atoms with E-state index in [1.54, 1.807) is 26.2 Å². The van der Waals surface area contributed by atoms with Crippen LogP contribution in [0.1, 0.15) is 11.1 Å². The maximum absolute atomic E-state index is 13.4. The summed E-state index contributed by atoms with van der Waals surface area (Å²) < 4.78 is 18.4. The van der Waals surface area contributed by atoms with Gasteiger partial charge < -0.3 is 10.5 Å². The number of benzene rings is 1. The van der Waals surface area contributed by atoms with Crippen molar-refractivity contribution in [2.45, 2.75) is 13.3 Å². The van der Waals surface area contributed by atoms with Crippen molar-refractivity contribution in [1.29, 1.82) is 0 Å². The largest absolute Gasteiger partial charge is 0.497 e. The Labute approximate surface area is 77.5 Å². The lowest BCUT2D eigenvalue weighted by atomic mass is 10.1. The van der Waals surface area contributed by atoms with Crippen LogP contribution in [0.4, 0.5) is 4.39 Å². The normalized spacial score (nSPS) is 10.2. The molecular weight excluding hydrogens is 169 g/mol. The second-order valence-corrected chi connectivity index (χ2v) is 2.96. The van der Waals surface area contributed by atoms with Gasteiger partial charge in [-0.1, -0.05) is 0 Å². The van der Waals surface area contributed by atoms with Gasteiger partial charge in [-0.2, -0.15) is 0 Å². The molecule has 0 aliphatic heterocycles. The van der Waals surface area contributed by atoms with Gasteiger partial charge in [-0.3, -0.25) is 0 Å². The van der Waals surface area contributed by atoms with Gasteiger partial charge in [0.1, 0.15) is 11.6 Å². The van der Waals surface area contributed by atoms with Gasteiger partial charge in [0.05, 0.1) is 7.11 Å². The molecular formula is C10H14FNO. The average molecular weight is 183 g/mol. The Kier molecular flexibility index (Phi) is 3.25. The molecule has 1 aromatic rings. The molecule has 0 aliphatic carbocycles. The fourth-order valence-corrected chi connectivity index (χ4v) is 1.26. The molecule has 0 radical (unpaired) electrons. The Morgan fingerprint density at radius 2 is 2.15 bits per heavy atom. The molecule has 72 valence electrons. The number of methoxy groups -OCH3 is 1. The Balaban J connectivity index is 3.09. The molecule has 0 heterocycles. The number of aryl methyl sites for hydroxylation is 1. The summed E-state index contributed by atoms with van der Waals surface area (Å²) >= 11 is 0.